The molecule has 3 heterocycles. The molecule has 1 amide bonds. The molecule has 3 aliphatic rings. The van der Waals surface area contributed by atoms with E-state index < -0.39 is 6.17 Å². The lowest BCUT2D eigenvalue weighted by Gasteiger charge is -2.31. The van der Waals surface area contributed by atoms with Crippen molar-refractivity contribution in [3.63, 3.8) is 0 Å². The first kappa shape index (κ1) is 24.8. The zero-order valence-electron chi connectivity index (χ0n) is 21.5. The van der Waals surface area contributed by atoms with Gasteiger partial charge in [-0.25, -0.2) is 9.37 Å². The van der Waals surface area contributed by atoms with E-state index in [2.05, 4.69) is 15.3 Å². The second-order valence-corrected chi connectivity index (χ2v) is 12.1. The molecule has 1 N–H and O–H groups in total. The Labute approximate surface area is 221 Å². The Kier molecular flexibility index (Phi) is 7.16. The average molecular weight is 526 g/mol. The lowest BCUT2D eigenvalue weighted by Crippen LogP contribution is -2.38. The van der Waals surface area contributed by atoms with Gasteiger partial charge in [0, 0.05) is 61.9 Å². The molecule has 0 saturated heterocycles. The summed E-state index contributed by atoms with van der Waals surface area (Å²) >= 11 is 1.66. The predicted octanol–water partition coefficient (Wildman–Crippen LogP) is 4.69. The number of amides is 1. The summed E-state index contributed by atoms with van der Waals surface area (Å²) in [5.41, 5.74) is 2.75. The summed E-state index contributed by atoms with van der Waals surface area (Å²) in [6, 6.07) is 6.00. The smallest absolute Gasteiger partial charge is 0.273 e. The lowest BCUT2D eigenvalue weighted by atomic mass is 9.84. The quantitative estimate of drug-likeness (QED) is 0.485. The average Bonchev–Trinajstić information content (AvgIpc) is 3.39. The van der Waals surface area contributed by atoms with Crippen LogP contribution in [0.3, 0.4) is 0 Å². The van der Waals surface area contributed by atoms with Crippen molar-refractivity contribution in [2.24, 2.45) is 13.0 Å². The molecule has 0 bridgehead atoms. The number of nitrogens with zero attached hydrogens (tertiary/aromatic N) is 4. The van der Waals surface area contributed by atoms with Crippen LogP contribution in [0.1, 0.15) is 65.9 Å². The molecule has 7 nitrogen and oxygen atoms in total. The first-order valence-corrected chi connectivity index (χ1v) is 14.6. The molecule has 2 fully saturated rings. The molecule has 0 atom stereocenters. The molecule has 9 heteroatoms. The molecular formula is C28H36FN5O2S. The molecule has 3 aromatic rings. The highest BCUT2D eigenvalue weighted by molar-refractivity contribution is 7.13. The number of fused-ring (bicyclic) bond motifs is 2. The Morgan fingerprint density at radius 3 is 2.81 bits per heavy atom. The largest absolute Gasteiger partial charge is 0.466 e. The molecule has 37 heavy (non-hydrogen) atoms. The number of benzene rings is 1. The predicted molar refractivity (Wildman–Crippen MR) is 143 cm³/mol. The Hall–Kier alpha value is -2.52. The van der Waals surface area contributed by atoms with Crippen LogP contribution < -0.4 is 10.1 Å². The lowest BCUT2D eigenvalue weighted by molar-refractivity contribution is 0.0407. The van der Waals surface area contributed by atoms with Crippen LogP contribution in [0.25, 0.3) is 10.9 Å². The minimum atomic E-state index is -0.696. The molecule has 1 aliphatic heterocycles. The summed E-state index contributed by atoms with van der Waals surface area (Å²) in [4.78, 5) is 21.6. The van der Waals surface area contributed by atoms with Crippen molar-refractivity contribution in [3.8, 4) is 5.19 Å². The number of ether oxygens (including phenoxy) is 1. The van der Waals surface area contributed by atoms with E-state index in [0.29, 0.717) is 18.4 Å². The monoisotopic (exact) mass is 525 g/mol. The van der Waals surface area contributed by atoms with Crippen molar-refractivity contribution in [2.75, 3.05) is 19.6 Å². The van der Waals surface area contributed by atoms with Gasteiger partial charge >= 0.3 is 0 Å². The van der Waals surface area contributed by atoms with Crippen molar-refractivity contribution in [3.05, 3.63) is 40.5 Å². The Balaban J connectivity index is 0.929. The fraction of sp³-hybridized carbons (Fsp3) is 0.607. The number of hydrogen-bond donors (Lipinski definition) is 1. The first-order chi connectivity index (χ1) is 18.0. The highest BCUT2D eigenvalue weighted by atomic mass is 32.1. The van der Waals surface area contributed by atoms with Crippen LogP contribution in [0.4, 0.5) is 4.39 Å². The number of aromatic nitrogens is 3. The SMILES string of the molecule is Cn1cc2c(C(=O)N[C@H]3CC[C@H](CCN4CCc5nc(O[C@H]6C[C@@H](F)C6)sc5CC4)CC3)cccc2n1. The van der Waals surface area contributed by atoms with Gasteiger partial charge in [-0.1, -0.05) is 17.4 Å². The van der Waals surface area contributed by atoms with Crippen molar-refractivity contribution in [2.45, 2.75) is 76.1 Å². The molecule has 2 aromatic heterocycles. The highest BCUT2D eigenvalue weighted by Gasteiger charge is 2.32. The van der Waals surface area contributed by atoms with E-state index >= 15 is 0 Å². The molecule has 198 valence electrons. The molecular weight excluding hydrogens is 489 g/mol. The maximum atomic E-state index is 13.1. The van der Waals surface area contributed by atoms with E-state index in [1.807, 2.05) is 31.4 Å². The van der Waals surface area contributed by atoms with Gasteiger partial charge in [-0.05, 0) is 63.1 Å². The minimum Gasteiger partial charge on any atom is -0.466 e. The van der Waals surface area contributed by atoms with Crippen molar-refractivity contribution >= 4 is 28.1 Å². The van der Waals surface area contributed by atoms with Gasteiger partial charge in [-0.15, -0.1) is 0 Å². The van der Waals surface area contributed by atoms with Crippen LogP contribution in [0.2, 0.25) is 0 Å². The number of carbonyl (C=O) groups excluding carboxylic acids is 1. The van der Waals surface area contributed by atoms with E-state index in [1.165, 1.54) is 29.8 Å². The second kappa shape index (κ2) is 10.7. The zero-order chi connectivity index (χ0) is 25.4. The van der Waals surface area contributed by atoms with Crippen LogP contribution in [0, 0.1) is 5.92 Å². The summed E-state index contributed by atoms with van der Waals surface area (Å²) in [6.07, 6.45) is 9.91. The Morgan fingerprint density at radius 2 is 2.00 bits per heavy atom. The maximum Gasteiger partial charge on any atom is 0.273 e. The van der Waals surface area contributed by atoms with Gasteiger partial charge in [0.25, 0.3) is 11.1 Å². The number of thiazole rings is 1. The number of alkyl halides is 1. The molecule has 2 aliphatic carbocycles. The third kappa shape index (κ3) is 5.67. The van der Waals surface area contributed by atoms with Gasteiger partial charge in [0.05, 0.1) is 16.8 Å². The first-order valence-electron chi connectivity index (χ1n) is 13.7. The summed E-state index contributed by atoms with van der Waals surface area (Å²) < 4.78 is 20.7. The molecule has 2 saturated carbocycles. The van der Waals surface area contributed by atoms with Crippen LogP contribution in [-0.2, 0) is 19.9 Å². The molecule has 1 aromatic carbocycles. The highest BCUT2D eigenvalue weighted by Crippen LogP contribution is 2.34. The zero-order valence-corrected chi connectivity index (χ0v) is 22.3. The third-order valence-corrected chi connectivity index (χ3v) is 9.38. The van der Waals surface area contributed by atoms with E-state index in [-0.39, 0.29) is 18.1 Å². The molecule has 0 unspecified atom stereocenters. The number of aryl methyl sites for hydroxylation is 1. The Bertz CT molecular complexity index is 1220. The number of hydrogen-bond acceptors (Lipinski definition) is 6. The fourth-order valence-electron chi connectivity index (χ4n) is 5.98. The van der Waals surface area contributed by atoms with Crippen LogP contribution in [0.15, 0.2) is 24.4 Å². The summed E-state index contributed by atoms with van der Waals surface area (Å²) in [5, 5.41) is 9.35. The van der Waals surface area contributed by atoms with Gasteiger partial charge in [0.1, 0.15) is 12.3 Å². The van der Waals surface area contributed by atoms with Crippen LogP contribution in [0.5, 0.6) is 5.19 Å². The number of nitrogens with one attached hydrogen (secondary N) is 1. The second-order valence-electron chi connectivity index (χ2n) is 11.0. The minimum absolute atomic E-state index is 0.0141. The summed E-state index contributed by atoms with van der Waals surface area (Å²) in [5.74, 6) is 0.743. The van der Waals surface area contributed by atoms with E-state index in [0.717, 1.165) is 67.3 Å². The summed E-state index contributed by atoms with van der Waals surface area (Å²) in [6.45, 7) is 3.23. The van der Waals surface area contributed by atoms with E-state index in [1.54, 1.807) is 16.0 Å². The van der Waals surface area contributed by atoms with Gasteiger partial charge in [-0.3, -0.25) is 9.48 Å². The van der Waals surface area contributed by atoms with E-state index in [4.69, 9.17) is 9.72 Å². The summed E-state index contributed by atoms with van der Waals surface area (Å²) in [7, 11) is 1.89. The molecule has 6 rings (SSSR count). The third-order valence-electron chi connectivity index (χ3n) is 8.33. The standard InChI is InChI=1S/C28H36FN5O2S/c1-33-17-23-22(3-2-4-24(23)32-33)27(35)30-20-7-5-18(6-8-20)9-12-34-13-10-25-26(11-14-34)37-28(31-25)36-21-15-19(29)16-21/h2-4,17-21H,5-16H2,1H3,(H,30,35)/t18-,19-,20-,21+. The van der Waals surface area contributed by atoms with Gasteiger partial charge in [-0.2, -0.15) is 5.10 Å². The van der Waals surface area contributed by atoms with Crippen LogP contribution >= 0.6 is 11.3 Å². The van der Waals surface area contributed by atoms with Crippen LogP contribution in [-0.4, -0.2) is 63.5 Å². The number of rotatable bonds is 7. The normalized spacial score (nSPS) is 26.3. The van der Waals surface area contributed by atoms with Crippen molar-refractivity contribution in [1.82, 2.24) is 25.0 Å². The van der Waals surface area contributed by atoms with Crippen molar-refractivity contribution < 1.29 is 13.9 Å². The van der Waals surface area contributed by atoms with Crippen molar-refractivity contribution in [1.29, 1.82) is 0 Å². The topological polar surface area (TPSA) is 72.3 Å². The molecule has 0 spiro atoms. The van der Waals surface area contributed by atoms with Gasteiger partial charge in [0.15, 0.2) is 0 Å². The Morgan fingerprint density at radius 1 is 1.19 bits per heavy atom. The van der Waals surface area contributed by atoms with Gasteiger partial charge in [0.2, 0.25) is 0 Å². The fourth-order valence-corrected chi connectivity index (χ4v) is 6.99. The maximum absolute atomic E-state index is 13.1. The number of carbonyl (C=O) groups is 1. The number of halogens is 1. The van der Waals surface area contributed by atoms with Gasteiger partial charge < -0.3 is 15.0 Å². The molecule has 0 radical (unpaired) electrons. The van der Waals surface area contributed by atoms with E-state index in [9.17, 15) is 9.18 Å².